The third-order valence-corrected chi connectivity index (χ3v) is 5.84. The van der Waals surface area contributed by atoms with Gasteiger partial charge in [0.1, 0.15) is 10.9 Å². The van der Waals surface area contributed by atoms with Crippen molar-refractivity contribution < 1.29 is 4.79 Å². The van der Waals surface area contributed by atoms with E-state index >= 15 is 0 Å². The zero-order valence-electron chi connectivity index (χ0n) is 16.1. The molecule has 0 fully saturated rings. The Labute approximate surface area is 177 Å². The van der Waals surface area contributed by atoms with E-state index in [0.29, 0.717) is 22.2 Å². The van der Waals surface area contributed by atoms with Crippen LogP contribution in [0, 0.1) is 0 Å². The van der Waals surface area contributed by atoms with Gasteiger partial charge in [-0.15, -0.1) is 10.2 Å². The second-order valence-corrected chi connectivity index (χ2v) is 8.31. The number of thioether (sulfide) groups is 1. The van der Waals surface area contributed by atoms with Gasteiger partial charge in [0, 0.05) is 17.5 Å². The number of hydrogen-bond donors (Lipinski definition) is 1. The Balaban J connectivity index is 1.56. The highest BCUT2D eigenvalue weighted by atomic mass is 35.5. The molecule has 0 saturated heterocycles. The average molecular weight is 426 g/mol. The first-order valence-corrected chi connectivity index (χ1v) is 10.7. The van der Waals surface area contributed by atoms with E-state index in [-0.39, 0.29) is 17.6 Å². The Morgan fingerprint density at radius 3 is 2.69 bits per heavy atom. The highest BCUT2D eigenvalue weighted by Gasteiger charge is 2.18. The number of fused-ring (bicyclic) bond motifs is 3. The summed E-state index contributed by atoms with van der Waals surface area (Å²) in [4.78, 5) is 17.1. The van der Waals surface area contributed by atoms with Crippen LogP contribution in [0.15, 0.2) is 53.6 Å². The summed E-state index contributed by atoms with van der Waals surface area (Å²) in [5.41, 5.74) is 3.37. The van der Waals surface area contributed by atoms with E-state index in [1.165, 1.54) is 11.8 Å². The molecule has 6 nitrogen and oxygen atoms in total. The first kappa shape index (κ1) is 19.7. The number of carbonyl (C=O) groups is 1. The summed E-state index contributed by atoms with van der Waals surface area (Å²) < 4.78 is 2.04. The van der Waals surface area contributed by atoms with Crippen molar-refractivity contribution in [2.45, 2.75) is 31.3 Å². The number of aromatic nitrogens is 4. The minimum absolute atomic E-state index is 0.0911. The van der Waals surface area contributed by atoms with Gasteiger partial charge < -0.3 is 5.32 Å². The van der Waals surface area contributed by atoms with Gasteiger partial charge in [-0.05, 0) is 23.8 Å². The van der Waals surface area contributed by atoms with Crippen LogP contribution in [0.1, 0.15) is 31.2 Å². The first-order chi connectivity index (χ1) is 14.0. The minimum Gasteiger partial charge on any atom is -0.351 e. The second kappa shape index (κ2) is 8.39. The molecule has 29 heavy (non-hydrogen) atoms. The van der Waals surface area contributed by atoms with Crippen LogP contribution < -0.4 is 5.32 Å². The maximum atomic E-state index is 12.4. The molecule has 0 aliphatic rings. The lowest BCUT2D eigenvalue weighted by molar-refractivity contribution is -0.118. The number of halogens is 1. The van der Waals surface area contributed by atoms with Crippen molar-refractivity contribution in [3.05, 3.63) is 64.9 Å². The molecule has 0 unspecified atom stereocenters. The molecule has 8 heteroatoms. The van der Waals surface area contributed by atoms with E-state index in [9.17, 15) is 4.79 Å². The third-order valence-electron chi connectivity index (χ3n) is 4.51. The van der Waals surface area contributed by atoms with Crippen molar-refractivity contribution in [3.63, 3.8) is 0 Å². The number of rotatable bonds is 6. The largest absolute Gasteiger partial charge is 0.351 e. The van der Waals surface area contributed by atoms with Crippen molar-refractivity contribution in [1.29, 1.82) is 0 Å². The van der Waals surface area contributed by atoms with Crippen LogP contribution in [0.25, 0.3) is 16.7 Å². The van der Waals surface area contributed by atoms with Gasteiger partial charge in [-0.3, -0.25) is 9.20 Å². The Kier molecular flexibility index (Phi) is 5.69. The molecule has 148 valence electrons. The maximum absolute atomic E-state index is 12.4. The monoisotopic (exact) mass is 425 g/mol. The Bertz CT molecular complexity index is 1190. The van der Waals surface area contributed by atoms with E-state index in [1.807, 2.05) is 52.9 Å². The van der Waals surface area contributed by atoms with Crippen molar-refractivity contribution >= 4 is 46.0 Å². The van der Waals surface area contributed by atoms with Crippen LogP contribution in [-0.4, -0.2) is 31.2 Å². The predicted molar refractivity (Wildman–Crippen MR) is 116 cm³/mol. The Hall–Kier alpha value is -2.64. The quantitative estimate of drug-likeness (QED) is 0.461. The number of para-hydroxylation sites is 2. The fourth-order valence-corrected chi connectivity index (χ4v) is 4.07. The van der Waals surface area contributed by atoms with Crippen molar-refractivity contribution in [1.82, 2.24) is 24.9 Å². The third kappa shape index (κ3) is 4.06. The lowest BCUT2D eigenvalue weighted by Gasteiger charge is -2.10. The lowest BCUT2D eigenvalue weighted by Crippen LogP contribution is -2.24. The van der Waals surface area contributed by atoms with Crippen LogP contribution in [0.2, 0.25) is 5.02 Å². The van der Waals surface area contributed by atoms with Gasteiger partial charge in [0.15, 0.2) is 5.65 Å². The van der Waals surface area contributed by atoms with E-state index in [1.54, 1.807) is 0 Å². The van der Waals surface area contributed by atoms with Crippen LogP contribution in [0.4, 0.5) is 0 Å². The van der Waals surface area contributed by atoms with Gasteiger partial charge in [-0.1, -0.05) is 67.5 Å². The minimum atomic E-state index is -0.0911. The molecule has 4 rings (SSSR count). The number of nitrogens with zero attached hydrogens (tertiary/aromatic N) is 4. The summed E-state index contributed by atoms with van der Waals surface area (Å²) in [6.07, 6.45) is 0. The highest BCUT2D eigenvalue weighted by molar-refractivity contribution is 8.00. The number of hydrogen-bond acceptors (Lipinski definition) is 5. The summed E-state index contributed by atoms with van der Waals surface area (Å²) in [6.45, 7) is 4.56. The van der Waals surface area contributed by atoms with Crippen molar-refractivity contribution in [2.75, 3.05) is 5.75 Å². The topological polar surface area (TPSA) is 72.2 Å². The molecular weight excluding hydrogens is 406 g/mol. The van der Waals surface area contributed by atoms with Gasteiger partial charge in [0.25, 0.3) is 0 Å². The summed E-state index contributed by atoms with van der Waals surface area (Å²) >= 11 is 7.50. The van der Waals surface area contributed by atoms with Crippen molar-refractivity contribution in [3.8, 4) is 0 Å². The van der Waals surface area contributed by atoms with E-state index in [4.69, 9.17) is 16.6 Å². The van der Waals surface area contributed by atoms with Gasteiger partial charge in [0.05, 0.1) is 16.8 Å². The van der Waals surface area contributed by atoms with Crippen molar-refractivity contribution in [2.24, 2.45) is 0 Å². The maximum Gasteiger partial charge on any atom is 0.230 e. The van der Waals surface area contributed by atoms with Gasteiger partial charge in [-0.25, -0.2) is 4.98 Å². The summed E-state index contributed by atoms with van der Waals surface area (Å²) in [5.74, 6) is 1.23. The highest BCUT2D eigenvalue weighted by Crippen LogP contribution is 2.27. The summed E-state index contributed by atoms with van der Waals surface area (Å²) in [7, 11) is 0. The summed E-state index contributed by atoms with van der Waals surface area (Å²) in [5, 5.41) is 13.0. The molecule has 1 N–H and O–H groups in total. The number of carbonyl (C=O) groups excluding carboxylic acids is 1. The number of nitrogens with one attached hydrogen (secondary N) is 1. The molecule has 2 aromatic carbocycles. The van der Waals surface area contributed by atoms with Gasteiger partial charge in [-0.2, -0.15) is 0 Å². The normalized spacial score (nSPS) is 11.4. The molecule has 4 aromatic rings. The van der Waals surface area contributed by atoms with Crippen LogP contribution >= 0.6 is 23.4 Å². The van der Waals surface area contributed by atoms with Crippen LogP contribution in [0.3, 0.4) is 0 Å². The van der Waals surface area contributed by atoms with E-state index in [2.05, 4.69) is 29.4 Å². The first-order valence-electron chi connectivity index (χ1n) is 9.31. The number of benzene rings is 2. The SMILES string of the molecule is CC(C)c1nnc2c(SCC(=O)NCc3ccccc3Cl)nc3ccccc3n12. The molecule has 2 aromatic heterocycles. The number of amides is 1. The zero-order chi connectivity index (χ0) is 20.4. The van der Waals surface area contributed by atoms with Crippen LogP contribution in [0.5, 0.6) is 0 Å². The fraction of sp³-hybridized carbons (Fsp3) is 0.238. The molecule has 2 heterocycles. The molecule has 0 aliphatic heterocycles. The van der Waals surface area contributed by atoms with Gasteiger partial charge in [0.2, 0.25) is 5.91 Å². The van der Waals surface area contributed by atoms with Gasteiger partial charge >= 0.3 is 0 Å². The molecule has 0 atom stereocenters. The lowest BCUT2D eigenvalue weighted by atomic mass is 10.2. The molecule has 0 bridgehead atoms. The van der Waals surface area contributed by atoms with Crippen LogP contribution in [-0.2, 0) is 11.3 Å². The van der Waals surface area contributed by atoms with E-state index in [0.717, 1.165) is 22.4 Å². The molecule has 0 saturated carbocycles. The molecular formula is C21H20ClN5OS. The molecule has 0 radical (unpaired) electrons. The summed E-state index contributed by atoms with van der Waals surface area (Å²) in [6, 6.07) is 15.4. The van der Waals surface area contributed by atoms with E-state index < -0.39 is 0 Å². The average Bonchev–Trinajstić information content (AvgIpc) is 3.17. The fourth-order valence-electron chi connectivity index (χ4n) is 3.07. The predicted octanol–water partition coefficient (Wildman–Crippen LogP) is 4.46. The molecule has 0 spiro atoms. The molecule has 0 aliphatic carbocycles. The zero-order valence-corrected chi connectivity index (χ0v) is 17.7. The Morgan fingerprint density at radius 1 is 1.14 bits per heavy atom. The standard InChI is InChI=1S/C21H20ClN5OS/c1-13(2)19-25-26-20-21(24-16-9-5-6-10-17(16)27(19)20)29-12-18(28)23-11-14-7-3-4-8-15(14)22/h3-10,13H,11-12H2,1-2H3,(H,23,28). The Morgan fingerprint density at radius 2 is 1.90 bits per heavy atom. The molecule has 1 amide bonds. The second-order valence-electron chi connectivity index (χ2n) is 6.93. The smallest absolute Gasteiger partial charge is 0.230 e.